The average Bonchev–Trinajstić information content (AvgIpc) is 2.97. The van der Waals surface area contributed by atoms with E-state index in [0.717, 1.165) is 17.2 Å². The second-order valence-electron chi connectivity index (χ2n) is 3.40. The van der Waals surface area contributed by atoms with Crippen LogP contribution >= 0.6 is 0 Å². The summed E-state index contributed by atoms with van der Waals surface area (Å²) in [5.41, 5.74) is 0.919. The van der Waals surface area contributed by atoms with Gasteiger partial charge in [-0.25, -0.2) is 4.98 Å². The zero-order valence-electron chi connectivity index (χ0n) is 8.50. The number of rotatable bonds is 3. The van der Waals surface area contributed by atoms with Crippen molar-refractivity contribution in [2.45, 2.75) is 6.54 Å². The third-order valence-electron chi connectivity index (χ3n) is 2.36. The van der Waals surface area contributed by atoms with E-state index in [-0.39, 0.29) is 0 Å². The van der Waals surface area contributed by atoms with Crippen molar-refractivity contribution >= 4 is 11.5 Å². The summed E-state index contributed by atoms with van der Waals surface area (Å²) in [6, 6.07) is 7.75. The molecule has 0 atom stereocenters. The fraction of sp³-hybridized carbons (Fsp3) is 0.0909. The Morgan fingerprint density at radius 2 is 2.25 bits per heavy atom. The van der Waals surface area contributed by atoms with Gasteiger partial charge in [0.05, 0.1) is 12.7 Å². The molecule has 0 saturated carbocycles. The van der Waals surface area contributed by atoms with Gasteiger partial charge in [-0.2, -0.15) is 0 Å². The Morgan fingerprint density at radius 3 is 3.12 bits per heavy atom. The molecule has 0 radical (unpaired) electrons. The summed E-state index contributed by atoms with van der Waals surface area (Å²) in [4.78, 5) is 4.21. The molecular weight excluding hydrogens is 204 g/mol. The minimum absolute atomic E-state index is 0.608. The topological polar surface area (TPSA) is 55.4 Å². The maximum Gasteiger partial charge on any atom is 0.155 e. The van der Waals surface area contributed by atoms with Crippen molar-refractivity contribution in [3.8, 4) is 0 Å². The van der Waals surface area contributed by atoms with Gasteiger partial charge in [-0.15, -0.1) is 0 Å². The summed E-state index contributed by atoms with van der Waals surface area (Å²) < 4.78 is 6.99. The van der Waals surface area contributed by atoms with Crippen LogP contribution in [0.3, 0.4) is 0 Å². The molecule has 3 heterocycles. The fourth-order valence-corrected chi connectivity index (χ4v) is 1.60. The molecular formula is C11H10N4O. The monoisotopic (exact) mass is 214 g/mol. The Bertz CT molecular complexity index is 585. The standard InChI is InChI=1S/C11H10N4O/c1-2-10-12-6-7-15(10)11(3-1)13-8-9-4-5-14-16-9/h1-7,13H,8H2. The lowest BCUT2D eigenvalue weighted by atomic mass is 10.4. The summed E-state index contributed by atoms with van der Waals surface area (Å²) in [7, 11) is 0. The van der Waals surface area contributed by atoms with E-state index in [2.05, 4.69) is 15.5 Å². The first kappa shape index (κ1) is 8.96. The number of hydrogen-bond acceptors (Lipinski definition) is 4. The van der Waals surface area contributed by atoms with Crippen LogP contribution in [0.1, 0.15) is 5.76 Å². The molecule has 0 aromatic carbocycles. The molecule has 16 heavy (non-hydrogen) atoms. The van der Waals surface area contributed by atoms with E-state index in [9.17, 15) is 0 Å². The van der Waals surface area contributed by atoms with Gasteiger partial charge < -0.3 is 9.84 Å². The lowest BCUT2D eigenvalue weighted by Gasteiger charge is -2.06. The first-order chi connectivity index (χ1) is 7.93. The van der Waals surface area contributed by atoms with Crippen LogP contribution in [0.5, 0.6) is 0 Å². The highest BCUT2D eigenvalue weighted by atomic mass is 16.5. The van der Waals surface area contributed by atoms with E-state index in [4.69, 9.17) is 4.52 Å². The molecule has 3 rings (SSSR count). The van der Waals surface area contributed by atoms with Crippen LogP contribution < -0.4 is 5.32 Å². The Morgan fingerprint density at radius 1 is 1.25 bits per heavy atom. The van der Waals surface area contributed by atoms with Crippen LogP contribution in [-0.2, 0) is 6.54 Å². The van der Waals surface area contributed by atoms with E-state index in [1.807, 2.05) is 34.9 Å². The van der Waals surface area contributed by atoms with Gasteiger partial charge in [-0.05, 0) is 12.1 Å². The van der Waals surface area contributed by atoms with Crippen molar-refractivity contribution in [1.29, 1.82) is 0 Å². The van der Waals surface area contributed by atoms with Crippen molar-refractivity contribution in [3.63, 3.8) is 0 Å². The summed E-state index contributed by atoms with van der Waals surface area (Å²) >= 11 is 0. The van der Waals surface area contributed by atoms with Gasteiger partial charge in [-0.1, -0.05) is 11.2 Å². The normalized spacial score (nSPS) is 10.8. The molecule has 1 N–H and O–H groups in total. The minimum Gasteiger partial charge on any atom is -0.364 e. The van der Waals surface area contributed by atoms with E-state index in [1.54, 1.807) is 12.4 Å². The van der Waals surface area contributed by atoms with Crippen molar-refractivity contribution in [2.24, 2.45) is 0 Å². The molecule has 0 aliphatic heterocycles. The molecule has 0 bridgehead atoms. The second-order valence-corrected chi connectivity index (χ2v) is 3.40. The number of anilines is 1. The molecule has 0 fully saturated rings. The van der Waals surface area contributed by atoms with Gasteiger partial charge in [0.2, 0.25) is 0 Å². The third kappa shape index (κ3) is 1.52. The summed E-state index contributed by atoms with van der Waals surface area (Å²) in [6.45, 7) is 0.608. The van der Waals surface area contributed by atoms with Crippen molar-refractivity contribution < 1.29 is 4.52 Å². The number of nitrogens with zero attached hydrogens (tertiary/aromatic N) is 3. The van der Waals surface area contributed by atoms with Crippen LogP contribution in [0.4, 0.5) is 5.82 Å². The SMILES string of the molecule is c1cc(NCc2ccno2)n2ccnc2c1. The Kier molecular flexibility index (Phi) is 2.07. The van der Waals surface area contributed by atoms with Gasteiger partial charge in [-0.3, -0.25) is 4.40 Å². The number of pyridine rings is 1. The molecule has 3 aromatic rings. The minimum atomic E-state index is 0.608. The maximum absolute atomic E-state index is 5.01. The number of hydrogen-bond donors (Lipinski definition) is 1. The molecule has 0 unspecified atom stereocenters. The zero-order chi connectivity index (χ0) is 10.8. The average molecular weight is 214 g/mol. The zero-order valence-corrected chi connectivity index (χ0v) is 8.50. The smallest absolute Gasteiger partial charge is 0.155 e. The Labute approximate surface area is 91.7 Å². The van der Waals surface area contributed by atoms with Gasteiger partial charge in [0.1, 0.15) is 11.5 Å². The van der Waals surface area contributed by atoms with E-state index >= 15 is 0 Å². The quantitative estimate of drug-likeness (QED) is 0.723. The highest BCUT2D eigenvalue weighted by molar-refractivity contribution is 5.49. The highest BCUT2D eigenvalue weighted by Gasteiger charge is 2.01. The number of nitrogens with one attached hydrogen (secondary N) is 1. The largest absolute Gasteiger partial charge is 0.364 e. The molecule has 0 aliphatic carbocycles. The van der Waals surface area contributed by atoms with Crippen molar-refractivity contribution in [2.75, 3.05) is 5.32 Å². The molecule has 5 heteroatoms. The molecule has 0 amide bonds. The van der Waals surface area contributed by atoms with Crippen LogP contribution in [-0.4, -0.2) is 14.5 Å². The molecule has 0 spiro atoms. The summed E-state index contributed by atoms with van der Waals surface area (Å²) in [5, 5.41) is 6.92. The van der Waals surface area contributed by atoms with Crippen molar-refractivity contribution in [3.05, 3.63) is 48.6 Å². The number of aromatic nitrogens is 3. The predicted octanol–water partition coefficient (Wildman–Crippen LogP) is 1.93. The first-order valence-corrected chi connectivity index (χ1v) is 4.99. The van der Waals surface area contributed by atoms with Crippen LogP contribution in [0.15, 0.2) is 47.4 Å². The number of fused-ring (bicyclic) bond motifs is 1. The molecule has 80 valence electrons. The van der Waals surface area contributed by atoms with E-state index < -0.39 is 0 Å². The fourth-order valence-electron chi connectivity index (χ4n) is 1.60. The van der Waals surface area contributed by atoms with Gasteiger partial charge in [0.25, 0.3) is 0 Å². The molecule has 0 aliphatic rings. The van der Waals surface area contributed by atoms with E-state index in [1.165, 1.54) is 0 Å². The van der Waals surface area contributed by atoms with E-state index in [0.29, 0.717) is 6.54 Å². The molecule has 5 nitrogen and oxygen atoms in total. The Hall–Kier alpha value is -2.30. The van der Waals surface area contributed by atoms with Gasteiger partial charge in [0.15, 0.2) is 5.76 Å². The summed E-state index contributed by atoms with van der Waals surface area (Å²) in [6.07, 6.45) is 5.32. The van der Waals surface area contributed by atoms with Crippen LogP contribution in [0.25, 0.3) is 5.65 Å². The lowest BCUT2D eigenvalue weighted by Crippen LogP contribution is -2.02. The van der Waals surface area contributed by atoms with Crippen LogP contribution in [0.2, 0.25) is 0 Å². The molecule has 3 aromatic heterocycles. The highest BCUT2D eigenvalue weighted by Crippen LogP contribution is 2.12. The van der Waals surface area contributed by atoms with Crippen LogP contribution in [0, 0.1) is 0 Å². The maximum atomic E-state index is 5.01. The number of imidazole rings is 1. The van der Waals surface area contributed by atoms with Crippen molar-refractivity contribution in [1.82, 2.24) is 14.5 Å². The Balaban J connectivity index is 1.86. The predicted molar refractivity (Wildman–Crippen MR) is 59.0 cm³/mol. The van der Waals surface area contributed by atoms with Gasteiger partial charge >= 0.3 is 0 Å². The summed E-state index contributed by atoms with van der Waals surface area (Å²) in [5.74, 6) is 1.78. The lowest BCUT2D eigenvalue weighted by molar-refractivity contribution is 0.388. The third-order valence-corrected chi connectivity index (χ3v) is 2.36. The van der Waals surface area contributed by atoms with Gasteiger partial charge in [0, 0.05) is 18.5 Å². The first-order valence-electron chi connectivity index (χ1n) is 4.99. The molecule has 0 saturated heterocycles. The second kappa shape index (κ2) is 3.69.